The summed E-state index contributed by atoms with van der Waals surface area (Å²) in [6, 6.07) is 1.59. The van der Waals surface area contributed by atoms with Gasteiger partial charge in [-0.25, -0.2) is 18.4 Å². The standard InChI is InChI=1S/C14H15N5O3S/c1-23(21,22)19-5-3-11-10(8-19)6-16-7-12(11)14(20)18-13-2-4-15-9-17-13/h2,4,6-7,9H,3,5,8H2,1H3,(H,15,17,18,20). The predicted octanol–water partition coefficient (Wildman–Crippen LogP) is 0.442. The Bertz CT molecular complexity index is 839. The number of aromatic nitrogens is 3. The molecule has 3 rings (SSSR count). The van der Waals surface area contributed by atoms with Gasteiger partial charge in [0.25, 0.3) is 5.91 Å². The van der Waals surface area contributed by atoms with Crippen LogP contribution in [0.1, 0.15) is 21.5 Å². The number of rotatable bonds is 3. The fourth-order valence-electron chi connectivity index (χ4n) is 2.49. The average Bonchev–Trinajstić information content (AvgIpc) is 2.54. The zero-order valence-corrected chi connectivity index (χ0v) is 13.2. The van der Waals surface area contributed by atoms with Gasteiger partial charge in [0.2, 0.25) is 10.0 Å². The molecule has 0 spiro atoms. The van der Waals surface area contributed by atoms with Crippen molar-refractivity contribution in [2.45, 2.75) is 13.0 Å². The molecule has 0 fully saturated rings. The summed E-state index contributed by atoms with van der Waals surface area (Å²) < 4.78 is 24.7. The van der Waals surface area contributed by atoms with Crippen molar-refractivity contribution in [3.05, 3.63) is 47.7 Å². The first-order valence-corrected chi connectivity index (χ1v) is 8.78. The molecule has 8 nitrogen and oxygen atoms in total. The lowest BCUT2D eigenvalue weighted by Gasteiger charge is -2.27. The van der Waals surface area contributed by atoms with Crippen LogP contribution < -0.4 is 5.32 Å². The monoisotopic (exact) mass is 333 g/mol. The van der Waals surface area contributed by atoms with E-state index in [1.807, 2.05) is 0 Å². The fourth-order valence-corrected chi connectivity index (χ4v) is 3.29. The van der Waals surface area contributed by atoms with Crippen molar-refractivity contribution in [3.8, 4) is 0 Å². The number of nitrogens with zero attached hydrogens (tertiary/aromatic N) is 4. The summed E-state index contributed by atoms with van der Waals surface area (Å²) in [6.45, 7) is 0.583. The van der Waals surface area contributed by atoms with E-state index in [0.29, 0.717) is 24.3 Å². The van der Waals surface area contributed by atoms with Gasteiger partial charge < -0.3 is 5.32 Å². The molecule has 3 heterocycles. The molecule has 23 heavy (non-hydrogen) atoms. The molecule has 0 aromatic carbocycles. The number of hydrogen-bond donors (Lipinski definition) is 1. The van der Waals surface area contributed by atoms with Gasteiger partial charge in [0.1, 0.15) is 12.1 Å². The first-order valence-electron chi connectivity index (χ1n) is 6.93. The summed E-state index contributed by atoms with van der Waals surface area (Å²) in [5.41, 5.74) is 2.01. The van der Waals surface area contributed by atoms with Gasteiger partial charge in [0, 0.05) is 31.7 Å². The SMILES string of the molecule is CS(=O)(=O)N1CCc2c(cncc2C(=O)Nc2ccncn2)C1. The van der Waals surface area contributed by atoms with Crippen molar-refractivity contribution < 1.29 is 13.2 Å². The number of amides is 1. The highest BCUT2D eigenvalue weighted by molar-refractivity contribution is 7.88. The Labute approximate surface area is 133 Å². The van der Waals surface area contributed by atoms with E-state index in [1.165, 1.54) is 29.3 Å². The Morgan fingerprint density at radius 3 is 2.83 bits per heavy atom. The summed E-state index contributed by atoms with van der Waals surface area (Å²) in [7, 11) is -3.26. The van der Waals surface area contributed by atoms with Gasteiger partial charge >= 0.3 is 0 Å². The number of carbonyl (C=O) groups excluding carboxylic acids is 1. The van der Waals surface area contributed by atoms with Crippen LogP contribution in [0, 0.1) is 0 Å². The highest BCUT2D eigenvalue weighted by Crippen LogP contribution is 2.23. The zero-order valence-electron chi connectivity index (χ0n) is 12.4. The van der Waals surface area contributed by atoms with Crippen LogP contribution in [0.5, 0.6) is 0 Å². The number of nitrogens with one attached hydrogen (secondary N) is 1. The smallest absolute Gasteiger partial charge is 0.258 e. The molecule has 0 unspecified atom stereocenters. The summed E-state index contributed by atoms with van der Waals surface area (Å²) in [5, 5.41) is 2.69. The molecule has 9 heteroatoms. The Kier molecular flexibility index (Phi) is 4.05. The van der Waals surface area contributed by atoms with E-state index >= 15 is 0 Å². The molecule has 0 saturated carbocycles. The minimum atomic E-state index is -3.26. The van der Waals surface area contributed by atoms with E-state index in [0.717, 1.165) is 11.1 Å². The van der Waals surface area contributed by atoms with Crippen molar-refractivity contribution in [2.75, 3.05) is 18.1 Å². The van der Waals surface area contributed by atoms with E-state index in [1.54, 1.807) is 12.3 Å². The van der Waals surface area contributed by atoms with Crippen LogP contribution in [0.25, 0.3) is 0 Å². The largest absolute Gasteiger partial charge is 0.306 e. The summed E-state index contributed by atoms with van der Waals surface area (Å²) in [5.74, 6) is 0.0806. The molecule has 0 aliphatic carbocycles. The van der Waals surface area contributed by atoms with Crippen molar-refractivity contribution in [1.29, 1.82) is 0 Å². The third-order valence-electron chi connectivity index (χ3n) is 3.64. The molecule has 2 aromatic rings. The Balaban J connectivity index is 1.87. The Morgan fingerprint density at radius 1 is 1.30 bits per heavy atom. The number of pyridine rings is 1. The van der Waals surface area contributed by atoms with Gasteiger partial charge in [0.15, 0.2) is 0 Å². The Morgan fingerprint density at radius 2 is 2.13 bits per heavy atom. The molecule has 0 saturated heterocycles. The molecule has 0 atom stereocenters. The maximum atomic E-state index is 12.4. The molecule has 120 valence electrons. The third kappa shape index (κ3) is 3.35. The minimum absolute atomic E-state index is 0.232. The highest BCUT2D eigenvalue weighted by Gasteiger charge is 2.26. The van der Waals surface area contributed by atoms with E-state index < -0.39 is 10.0 Å². The first kappa shape index (κ1) is 15.5. The van der Waals surface area contributed by atoms with Crippen LogP contribution in [0.15, 0.2) is 31.0 Å². The van der Waals surface area contributed by atoms with Crippen molar-refractivity contribution in [1.82, 2.24) is 19.3 Å². The van der Waals surface area contributed by atoms with Gasteiger partial charge in [-0.1, -0.05) is 0 Å². The Hall–Kier alpha value is -2.39. The molecule has 1 amide bonds. The maximum Gasteiger partial charge on any atom is 0.258 e. The van der Waals surface area contributed by atoms with E-state index in [2.05, 4.69) is 20.3 Å². The molecular formula is C14H15N5O3S. The van der Waals surface area contributed by atoms with Crippen LogP contribution in [-0.4, -0.2) is 46.4 Å². The second kappa shape index (κ2) is 6.01. The lowest BCUT2D eigenvalue weighted by Crippen LogP contribution is -2.36. The summed E-state index contributed by atoms with van der Waals surface area (Å²) in [6.07, 6.45) is 7.62. The number of carbonyl (C=O) groups is 1. The fraction of sp³-hybridized carbons (Fsp3) is 0.286. The number of sulfonamides is 1. The minimum Gasteiger partial charge on any atom is -0.306 e. The molecule has 2 aromatic heterocycles. The zero-order chi connectivity index (χ0) is 16.4. The summed E-state index contributed by atoms with van der Waals surface area (Å²) in [4.78, 5) is 24.2. The third-order valence-corrected chi connectivity index (χ3v) is 4.89. The van der Waals surface area contributed by atoms with Crippen LogP contribution in [-0.2, 0) is 23.0 Å². The van der Waals surface area contributed by atoms with E-state index in [4.69, 9.17) is 0 Å². The maximum absolute atomic E-state index is 12.4. The van der Waals surface area contributed by atoms with Gasteiger partial charge in [-0.2, -0.15) is 4.31 Å². The quantitative estimate of drug-likeness (QED) is 0.874. The van der Waals surface area contributed by atoms with Gasteiger partial charge in [-0.05, 0) is 23.6 Å². The highest BCUT2D eigenvalue weighted by atomic mass is 32.2. The van der Waals surface area contributed by atoms with Gasteiger partial charge in [-0.15, -0.1) is 0 Å². The molecule has 1 aliphatic heterocycles. The van der Waals surface area contributed by atoms with Crippen molar-refractivity contribution >= 4 is 21.7 Å². The van der Waals surface area contributed by atoms with Crippen LogP contribution >= 0.6 is 0 Å². The number of hydrogen-bond acceptors (Lipinski definition) is 6. The number of anilines is 1. The number of fused-ring (bicyclic) bond motifs is 1. The topological polar surface area (TPSA) is 105 Å². The molecular weight excluding hydrogens is 318 g/mol. The average molecular weight is 333 g/mol. The second-order valence-electron chi connectivity index (χ2n) is 5.22. The van der Waals surface area contributed by atoms with Gasteiger partial charge in [0.05, 0.1) is 11.8 Å². The molecule has 0 radical (unpaired) electrons. The van der Waals surface area contributed by atoms with Crippen LogP contribution in [0.2, 0.25) is 0 Å². The summed E-state index contributed by atoms with van der Waals surface area (Å²) >= 11 is 0. The lowest BCUT2D eigenvalue weighted by atomic mass is 9.98. The van der Waals surface area contributed by atoms with E-state index in [-0.39, 0.29) is 12.5 Å². The molecule has 0 bridgehead atoms. The van der Waals surface area contributed by atoms with Crippen molar-refractivity contribution in [2.24, 2.45) is 0 Å². The van der Waals surface area contributed by atoms with Crippen LogP contribution in [0.4, 0.5) is 5.82 Å². The normalized spacial score (nSPS) is 15.0. The lowest BCUT2D eigenvalue weighted by molar-refractivity contribution is 0.102. The second-order valence-corrected chi connectivity index (χ2v) is 7.20. The molecule has 1 aliphatic rings. The van der Waals surface area contributed by atoms with Crippen LogP contribution in [0.3, 0.4) is 0 Å². The van der Waals surface area contributed by atoms with Gasteiger partial charge in [-0.3, -0.25) is 9.78 Å². The molecule has 1 N–H and O–H groups in total. The van der Waals surface area contributed by atoms with E-state index in [9.17, 15) is 13.2 Å². The van der Waals surface area contributed by atoms with Crippen molar-refractivity contribution in [3.63, 3.8) is 0 Å². The first-order chi connectivity index (χ1) is 10.9. The predicted molar refractivity (Wildman–Crippen MR) is 83.2 cm³/mol.